The van der Waals surface area contributed by atoms with Crippen molar-refractivity contribution in [3.05, 3.63) is 0 Å². The van der Waals surface area contributed by atoms with Crippen LogP contribution in [-0.4, -0.2) is 12.1 Å². The lowest BCUT2D eigenvalue weighted by molar-refractivity contribution is -0.141. The lowest BCUT2D eigenvalue weighted by atomic mass is 9.87. The molecule has 1 aliphatic heterocycles. The molecule has 0 aromatic heterocycles. The van der Waals surface area contributed by atoms with Crippen LogP contribution in [0.5, 0.6) is 0 Å². The second kappa shape index (κ2) is 3.69. The molecule has 0 aromatic rings. The number of rotatable bonds is 2. The van der Waals surface area contributed by atoms with Gasteiger partial charge in [-0.05, 0) is 18.3 Å². The maximum Gasteiger partial charge on any atom is 0.306 e. The zero-order valence-corrected chi connectivity index (χ0v) is 9.09. The normalized spacial score (nSPS) is 29.1. The van der Waals surface area contributed by atoms with Gasteiger partial charge in [0.15, 0.2) is 0 Å². The lowest BCUT2D eigenvalue weighted by Crippen LogP contribution is -2.17. The van der Waals surface area contributed by atoms with Gasteiger partial charge in [-0.1, -0.05) is 27.7 Å². The van der Waals surface area contributed by atoms with E-state index < -0.39 is 0 Å². The molecule has 76 valence electrons. The van der Waals surface area contributed by atoms with Crippen LogP contribution in [0.1, 0.15) is 47.0 Å². The first kappa shape index (κ1) is 10.6. The number of carbonyl (C=O) groups is 1. The number of hydrogen-bond donors (Lipinski definition) is 0. The van der Waals surface area contributed by atoms with E-state index in [4.69, 9.17) is 4.74 Å². The van der Waals surface area contributed by atoms with Crippen LogP contribution < -0.4 is 0 Å². The molecule has 1 saturated heterocycles. The van der Waals surface area contributed by atoms with Crippen LogP contribution in [0.3, 0.4) is 0 Å². The highest BCUT2D eigenvalue weighted by atomic mass is 16.5. The Kier molecular flexibility index (Phi) is 2.99. The molecule has 1 heterocycles. The predicted molar refractivity (Wildman–Crippen MR) is 52.4 cm³/mol. The molecule has 2 atom stereocenters. The Bertz CT molecular complexity index is 191. The van der Waals surface area contributed by atoms with Gasteiger partial charge in [0.25, 0.3) is 0 Å². The summed E-state index contributed by atoms with van der Waals surface area (Å²) in [5.74, 6) is 0.390. The molecule has 0 aromatic carbocycles. The molecule has 0 spiro atoms. The third kappa shape index (κ3) is 3.37. The van der Waals surface area contributed by atoms with Gasteiger partial charge in [-0.2, -0.15) is 0 Å². The molecule has 0 saturated carbocycles. The second-order valence-corrected chi connectivity index (χ2v) is 5.31. The Morgan fingerprint density at radius 3 is 2.46 bits per heavy atom. The maximum absolute atomic E-state index is 11.0. The van der Waals surface area contributed by atoms with E-state index in [0.717, 1.165) is 12.8 Å². The summed E-state index contributed by atoms with van der Waals surface area (Å²) < 4.78 is 5.23. The molecule has 0 N–H and O–H groups in total. The molecule has 0 unspecified atom stereocenters. The molecule has 1 rings (SSSR count). The van der Waals surface area contributed by atoms with Crippen molar-refractivity contribution in [1.29, 1.82) is 0 Å². The van der Waals surface area contributed by atoms with Crippen molar-refractivity contribution in [2.75, 3.05) is 0 Å². The minimum atomic E-state index is -0.0218. The van der Waals surface area contributed by atoms with Crippen molar-refractivity contribution >= 4 is 5.97 Å². The van der Waals surface area contributed by atoms with Crippen molar-refractivity contribution in [1.82, 2.24) is 0 Å². The Hall–Kier alpha value is -0.530. The Balaban J connectivity index is 2.34. The molecule has 1 aliphatic rings. The molecule has 1 fully saturated rings. The Morgan fingerprint density at radius 2 is 2.08 bits per heavy atom. The van der Waals surface area contributed by atoms with Crippen LogP contribution in [-0.2, 0) is 9.53 Å². The van der Waals surface area contributed by atoms with Crippen molar-refractivity contribution in [3.8, 4) is 0 Å². The maximum atomic E-state index is 11.0. The van der Waals surface area contributed by atoms with Gasteiger partial charge < -0.3 is 4.74 Å². The molecule has 0 aliphatic carbocycles. The van der Waals surface area contributed by atoms with Crippen LogP contribution >= 0.6 is 0 Å². The number of cyclic esters (lactones) is 1. The van der Waals surface area contributed by atoms with E-state index >= 15 is 0 Å². The zero-order valence-electron chi connectivity index (χ0n) is 9.09. The van der Waals surface area contributed by atoms with Crippen LogP contribution in [0.15, 0.2) is 0 Å². The second-order valence-electron chi connectivity index (χ2n) is 5.31. The average Bonchev–Trinajstić information content (AvgIpc) is 2.24. The number of hydrogen-bond acceptors (Lipinski definition) is 2. The predicted octanol–water partition coefficient (Wildman–Crippen LogP) is 2.76. The van der Waals surface area contributed by atoms with E-state index in [-0.39, 0.29) is 12.1 Å². The van der Waals surface area contributed by atoms with Crippen molar-refractivity contribution in [2.45, 2.75) is 53.1 Å². The van der Waals surface area contributed by atoms with E-state index in [1.807, 2.05) is 0 Å². The molecular weight excluding hydrogens is 164 g/mol. The third-order valence-electron chi connectivity index (χ3n) is 2.58. The first-order valence-electron chi connectivity index (χ1n) is 5.08. The molecule has 2 heteroatoms. The van der Waals surface area contributed by atoms with E-state index in [1.54, 1.807) is 0 Å². The molecule has 0 bridgehead atoms. The highest BCUT2D eigenvalue weighted by molar-refractivity contribution is 5.71. The summed E-state index contributed by atoms with van der Waals surface area (Å²) in [6, 6.07) is 0. The van der Waals surface area contributed by atoms with Crippen molar-refractivity contribution < 1.29 is 9.53 Å². The van der Waals surface area contributed by atoms with Gasteiger partial charge in [0.05, 0.1) is 6.42 Å². The number of ether oxygens (including phenoxy) is 1. The Labute approximate surface area is 80.7 Å². The van der Waals surface area contributed by atoms with E-state index in [2.05, 4.69) is 27.7 Å². The van der Waals surface area contributed by atoms with Gasteiger partial charge in [0.1, 0.15) is 6.10 Å². The standard InChI is InChI=1S/C11H20O2/c1-8-7-10(12)13-9(8)5-6-11(2,3)4/h8-9H,5-7H2,1-4H3/t8-,9+/m1/s1. The minimum absolute atomic E-state index is 0.0218. The van der Waals surface area contributed by atoms with Gasteiger partial charge in [-0.25, -0.2) is 0 Å². The van der Waals surface area contributed by atoms with Gasteiger partial charge in [0, 0.05) is 5.92 Å². The fourth-order valence-electron chi connectivity index (χ4n) is 1.65. The fraction of sp³-hybridized carbons (Fsp3) is 0.909. The van der Waals surface area contributed by atoms with E-state index in [0.29, 0.717) is 17.8 Å². The molecule has 13 heavy (non-hydrogen) atoms. The van der Waals surface area contributed by atoms with Gasteiger partial charge >= 0.3 is 5.97 Å². The fourth-order valence-corrected chi connectivity index (χ4v) is 1.65. The van der Waals surface area contributed by atoms with Crippen LogP contribution in [0.25, 0.3) is 0 Å². The minimum Gasteiger partial charge on any atom is -0.462 e. The summed E-state index contributed by atoms with van der Waals surface area (Å²) in [4.78, 5) is 11.0. The Morgan fingerprint density at radius 1 is 1.46 bits per heavy atom. The van der Waals surface area contributed by atoms with Crippen LogP contribution in [0.4, 0.5) is 0 Å². The first-order valence-corrected chi connectivity index (χ1v) is 5.08. The summed E-state index contributed by atoms with van der Waals surface area (Å²) in [6.45, 7) is 8.75. The van der Waals surface area contributed by atoms with Gasteiger partial charge in [-0.3, -0.25) is 4.79 Å². The summed E-state index contributed by atoms with van der Waals surface area (Å²) >= 11 is 0. The average molecular weight is 184 g/mol. The summed E-state index contributed by atoms with van der Waals surface area (Å²) in [6.07, 6.45) is 2.91. The smallest absolute Gasteiger partial charge is 0.306 e. The molecule has 0 amide bonds. The van der Waals surface area contributed by atoms with E-state index in [9.17, 15) is 4.79 Å². The highest BCUT2D eigenvalue weighted by Gasteiger charge is 2.31. The first-order chi connectivity index (χ1) is 5.88. The topological polar surface area (TPSA) is 26.3 Å². The van der Waals surface area contributed by atoms with Crippen LogP contribution in [0, 0.1) is 11.3 Å². The number of esters is 1. The zero-order chi connectivity index (χ0) is 10.1. The summed E-state index contributed by atoms with van der Waals surface area (Å²) in [7, 11) is 0. The lowest BCUT2D eigenvalue weighted by Gasteiger charge is -2.21. The monoisotopic (exact) mass is 184 g/mol. The quantitative estimate of drug-likeness (QED) is 0.617. The highest BCUT2D eigenvalue weighted by Crippen LogP contribution is 2.29. The molecule has 2 nitrogen and oxygen atoms in total. The summed E-state index contributed by atoms with van der Waals surface area (Å²) in [5, 5.41) is 0. The SMILES string of the molecule is C[C@@H]1CC(=O)O[C@H]1CCC(C)(C)C. The largest absolute Gasteiger partial charge is 0.462 e. The molecular formula is C11H20O2. The van der Waals surface area contributed by atoms with Crippen molar-refractivity contribution in [3.63, 3.8) is 0 Å². The third-order valence-corrected chi connectivity index (χ3v) is 2.58. The van der Waals surface area contributed by atoms with Crippen LogP contribution in [0.2, 0.25) is 0 Å². The summed E-state index contributed by atoms with van der Waals surface area (Å²) in [5.41, 5.74) is 0.342. The van der Waals surface area contributed by atoms with Gasteiger partial charge in [0.2, 0.25) is 0 Å². The van der Waals surface area contributed by atoms with E-state index in [1.165, 1.54) is 0 Å². The molecule has 0 radical (unpaired) electrons. The number of carbonyl (C=O) groups excluding carboxylic acids is 1. The van der Waals surface area contributed by atoms with Crippen molar-refractivity contribution in [2.24, 2.45) is 11.3 Å². The van der Waals surface area contributed by atoms with Gasteiger partial charge in [-0.15, -0.1) is 0 Å².